The molecule has 3 nitrogen and oxygen atoms in total. The number of carbonyl (C=O) groups excluding carboxylic acids is 1. The summed E-state index contributed by atoms with van der Waals surface area (Å²) in [6.07, 6.45) is 2.32. The zero-order valence-electron chi connectivity index (χ0n) is 14.2. The Labute approximate surface area is 142 Å². The van der Waals surface area contributed by atoms with Gasteiger partial charge in [0, 0.05) is 24.1 Å². The summed E-state index contributed by atoms with van der Waals surface area (Å²) in [5, 5.41) is 3.03. The van der Waals surface area contributed by atoms with Crippen molar-refractivity contribution in [2.45, 2.75) is 39.3 Å². The summed E-state index contributed by atoms with van der Waals surface area (Å²) in [5.41, 5.74) is 4.21. The lowest BCUT2D eigenvalue weighted by atomic mass is 10.1. The molecule has 2 aromatic carbocycles. The minimum Gasteiger partial charge on any atom is -0.321 e. The second kappa shape index (κ2) is 7.14. The molecule has 24 heavy (non-hydrogen) atoms. The Balaban J connectivity index is 1.62. The van der Waals surface area contributed by atoms with E-state index in [0.29, 0.717) is 12.6 Å². The third kappa shape index (κ3) is 4.42. The highest BCUT2D eigenvalue weighted by molar-refractivity contribution is 5.92. The van der Waals surface area contributed by atoms with Crippen LogP contribution in [0.4, 0.5) is 10.1 Å². The molecule has 1 aliphatic carbocycles. The largest absolute Gasteiger partial charge is 0.321 e. The Morgan fingerprint density at radius 2 is 1.88 bits per heavy atom. The minimum absolute atomic E-state index is 0.0333. The van der Waals surface area contributed by atoms with Crippen molar-refractivity contribution in [3.63, 3.8) is 0 Å². The minimum atomic E-state index is -0.223. The van der Waals surface area contributed by atoms with E-state index >= 15 is 0 Å². The number of aryl methyl sites for hydroxylation is 2. The summed E-state index contributed by atoms with van der Waals surface area (Å²) in [7, 11) is 0. The predicted molar refractivity (Wildman–Crippen MR) is 93.5 cm³/mol. The number of hydrogen-bond acceptors (Lipinski definition) is 1. The Morgan fingerprint density at radius 3 is 2.50 bits per heavy atom. The van der Waals surface area contributed by atoms with Gasteiger partial charge in [-0.3, -0.25) is 4.79 Å². The molecule has 1 amide bonds. The molecule has 0 aromatic heterocycles. The number of rotatable bonds is 6. The van der Waals surface area contributed by atoms with E-state index in [1.165, 1.54) is 22.6 Å². The van der Waals surface area contributed by atoms with Crippen LogP contribution in [-0.4, -0.2) is 18.5 Å². The van der Waals surface area contributed by atoms with E-state index in [-0.39, 0.29) is 11.7 Å². The van der Waals surface area contributed by atoms with Crippen LogP contribution in [0.15, 0.2) is 42.5 Å². The van der Waals surface area contributed by atoms with Crippen molar-refractivity contribution >= 4 is 11.6 Å². The van der Waals surface area contributed by atoms with Crippen LogP contribution in [0.2, 0.25) is 0 Å². The molecule has 2 N–H and O–H groups in total. The molecule has 0 radical (unpaired) electrons. The van der Waals surface area contributed by atoms with Crippen molar-refractivity contribution in [3.8, 4) is 0 Å². The summed E-state index contributed by atoms with van der Waals surface area (Å²) in [6, 6.07) is 13.1. The molecule has 4 heteroatoms. The molecule has 1 aliphatic rings. The Hall–Kier alpha value is -2.20. The van der Waals surface area contributed by atoms with Gasteiger partial charge in [0.1, 0.15) is 12.4 Å². The molecule has 3 rings (SSSR count). The van der Waals surface area contributed by atoms with Gasteiger partial charge in [0.05, 0.1) is 6.04 Å². The monoisotopic (exact) mass is 327 g/mol. The van der Waals surface area contributed by atoms with Crippen molar-refractivity contribution in [1.82, 2.24) is 0 Å². The molecule has 0 bridgehead atoms. The number of carbonyl (C=O) groups is 1. The smallest absolute Gasteiger partial charge is 0.279 e. The average Bonchev–Trinajstić information content (AvgIpc) is 3.36. The molecule has 1 saturated carbocycles. The fraction of sp³-hybridized carbons (Fsp3) is 0.350. The van der Waals surface area contributed by atoms with E-state index < -0.39 is 0 Å². The van der Waals surface area contributed by atoms with Gasteiger partial charge >= 0.3 is 0 Å². The van der Waals surface area contributed by atoms with Gasteiger partial charge in [-0.15, -0.1) is 0 Å². The Bertz CT molecular complexity index is 723. The Kier molecular flexibility index (Phi) is 4.95. The van der Waals surface area contributed by atoms with E-state index in [4.69, 9.17) is 0 Å². The molecule has 0 heterocycles. The summed E-state index contributed by atoms with van der Waals surface area (Å²) >= 11 is 0. The molecule has 1 fully saturated rings. The highest BCUT2D eigenvalue weighted by atomic mass is 19.1. The van der Waals surface area contributed by atoms with Gasteiger partial charge in [-0.1, -0.05) is 29.8 Å². The number of halogens is 1. The van der Waals surface area contributed by atoms with Crippen LogP contribution in [0.5, 0.6) is 0 Å². The van der Waals surface area contributed by atoms with Crippen LogP contribution in [-0.2, 0) is 11.3 Å². The van der Waals surface area contributed by atoms with Crippen LogP contribution in [0.3, 0.4) is 0 Å². The second-order valence-corrected chi connectivity index (χ2v) is 6.78. The molecule has 1 atom stereocenters. The van der Waals surface area contributed by atoms with Gasteiger partial charge in [0.15, 0.2) is 6.54 Å². The quantitative estimate of drug-likeness (QED) is 0.840. The average molecular weight is 327 g/mol. The predicted octanol–water partition coefficient (Wildman–Crippen LogP) is 2.63. The van der Waals surface area contributed by atoms with Gasteiger partial charge in [-0.25, -0.2) is 4.39 Å². The third-order valence-corrected chi connectivity index (χ3v) is 4.54. The maximum Gasteiger partial charge on any atom is 0.279 e. The van der Waals surface area contributed by atoms with E-state index in [1.54, 1.807) is 12.1 Å². The lowest BCUT2D eigenvalue weighted by Gasteiger charge is -2.19. The van der Waals surface area contributed by atoms with Crippen molar-refractivity contribution in [1.29, 1.82) is 0 Å². The molecular formula is C20H24FN2O+. The molecule has 0 spiro atoms. The molecule has 0 saturated heterocycles. The Morgan fingerprint density at radius 1 is 1.17 bits per heavy atom. The zero-order chi connectivity index (χ0) is 17.1. The molecule has 2 aromatic rings. The fourth-order valence-corrected chi connectivity index (χ4v) is 3.06. The maximum atomic E-state index is 13.0. The van der Waals surface area contributed by atoms with Crippen LogP contribution >= 0.6 is 0 Å². The summed E-state index contributed by atoms with van der Waals surface area (Å²) < 4.78 is 13.0. The van der Waals surface area contributed by atoms with Crippen LogP contribution < -0.4 is 10.2 Å². The van der Waals surface area contributed by atoms with Gasteiger partial charge < -0.3 is 10.2 Å². The SMILES string of the molecule is Cc1ccc(NC(=O)C[NH+](Cc2ccc(F)cc2)C2CC2)c(C)c1. The van der Waals surface area contributed by atoms with Crippen molar-refractivity contribution in [2.24, 2.45) is 0 Å². The number of benzene rings is 2. The molecular weight excluding hydrogens is 303 g/mol. The number of hydrogen-bond donors (Lipinski definition) is 2. The van der Waals surface area contributed by atoms with Gasteiger partial charge in [-0.2, -0.15) is 0 Å². The van der Waals surface area contributed by atoms with E-state index in [2.05, 4.69) is 11.4 Å². The number of nitrogens with one attached hydrogen (secondary N) is 2. The summed E-state index contributed by atoms with van der Waals surface area (Å²) in [4.78, 5) is 13.7. The number of amides is 1. The van der Waals surface area contributed by atoms with E-state index in [9.17, 15) is 9.18 Å². The molecule has 0 aliphatic heterocycles. The zero-order valence-corrected chi connectivity index (χ0v) is 14.2. The van der Waals surface area contributed by atoms with Gasteiger partial charge in [-0.05, 0) is 37.6 Å². The van der Waals surface area contributed by atoms with E-state index in [1.807, 2.05) is 26.0 Å². The van der Waals surface area contributed by atoms with Crippen LogP contribution in [0.1, 0.15) is 29.5 Å². The first-order chi connectivity index (χ1) is 11.5. The third-order valence-electron chi connectivity index (χ3n) is 4.54. The van der Waals surface area contributed by atoms with Crippen LogP contribution in [0.25, 0.3) is 0 Å². The normalized spacial score (nSPS) is 15.1. The van der Waals surface area contributed by atoms with Crippen molar-refractivity contribution in [2.75, 3.05) is 11.9 Å². The second-order valence-electron chi connectivity index (χ2n) is 6.78. The summed E-state index contributed by atoms with van der Waals surface area (Å²) in [5.74, 6) is -0.190. The first-order valence-corrected chi connectivity index (χ1v) is 8.47. The number of anilines is 1. The van der Waals surface area contributed by atoms with Crippen molar-refractivity contribution < 1.29 is 14.1 Å². The van der Waals surface area contributed by atoms with Crippen LogP contribution in [0, 0.1) is 19.7 Å². The maximum absolute atomic E-state index is 13.0. The fourth-order valence-electron chi connectivity index (χ4n) is 3.06. The van der Waals surface area contributed by atoms with E-state index in [0.717, 1.165) is 36.2 Å². The van der Waals surface area contributed by atoms with Gasteiger partial charge in [0.25, 0.3) is 5.91 Å². The molecule has 126 valence electrons. The highest BCUT2D eigenvalue weighted by Gasteiger charge is 2.34. The lowest BCUT2D eigenvalue weighted by molar-refractivity contribution is -0.916. The number of quaternary nitrogens is 1. The highest BCUT2D eigenvalue weighted by Crippen LogP contribution is 2.17. The van der Waals surface area contributed by atoms with Crippen molar-refractivity contribution in [3.05, 3.63) is 65.0 Å². The lowest BCUT2D eigenvalue weighted by Crippen LogP contribution is -3.13. The molecule has 1 unspecified atom stereocenters. The topological polar surface area (TPSA) is 33.5 Å². The first kappa shape index (κ1) is 16.7. The first-order valence-electron chi connectivity index (χ1n) is 8.47. The standard InChI is InChI=1S/C20H23FN2O/c1-14-3-10-19(15(2)11-14)22-20(24)13-23(18-8-9-18)12-16-4-6-17(21)7-5-16/h3-7,10-11,18H,8-9,12-13H2,1-2H3,(H,22,24)/p+1. The summed E-state index contributed by atoms with van der Waals surface area (Å²) in [6.45, 7) is 5.24. The van der Waals surface area contributed by atoms with Gasteiger partial charge in [0.2, 0.25) is 0 Å².